The Morgan fingerprint density at radius 3 is 1.72 bits per heavy atom. The molecule has 0 spiro atoms. The smallest absolute Gasteiger partial charge is 0.264 e. The molecule has 3 heterocycles. The molecule has 5 aromatic carbocycles. The van der Waals surface area contributed by atoms with Crippen LogP contribution in [-0.2, 0) is 29.1 Å². The Kier molecular flexibility index (Phi) is 9.92. The van der Waals surface area contributed by atoms with E-state index in [0.717, 1.165) is 12.8 Å². The van der Waals surface area contributed by atoms with Crippen molar-refractivity contribution >= 4 is 79.6 Å². The molecule has 0 bridgehead atoms. The molecule has 8 rings (SSSR count). The predicted molar refractivity (Wildman–Crippen MR) is 255 cm³/mol. The number of aryl methyl sites for hydroxylation is 2. The Labute approximate surface area is 351 Å². The molecule has 6 aromatic rings. The van der Waals surface area contributed by atoms with E-state index in [0.29, 0.717) is 0 Å². The summed E-state index contributed by atoms with van der Waals surface area (Å²) < 4.78 is 1.47. The van der Waals surface area contributed by atoms with Crippen LogP contribution in [0.4, 0.5) is 34.1 Å². The SMILES string of the molecule is CCc1sc2c(c1CC)N(c1ccc(SC)cc1-c1ccc(C(C)(C)C)cc1)c1cc(C)cc3c1B2c1cc(C(C)(C)C)ccc1N3c1ccc(C(C)(C)C)cc1. The van der Waals surface area contributed by atoms with Gasteiger partial charge in [0.05, 0.1) is 11.4 Å². The van der Waals surface area contributed by atoms with Gasteiger partial charge in [-0.1, -0.05) is 125 Å². The summed E-state index contributed by atoms with van der Waals surface area (Å²) in [6.07, 6.45) is 4.21. The maximum absolute atomic E-state index is 2.68. The molecule has 0 saturated heterocycles. The van der Waals surface area contributed by atoms with Crippen molar-refractivity contribution in [2.75, 3.05) is 16.1 Å². The van der Waals surface area contributed by atoms with E-state index in [1.54, 1.807) is 0 Å². The van der Waals surface area contributed by atoms with Crippen LogP contribution in [0.5, 0.6) is 0 Å². The molecular weight excluding hydrogens is 728 g/mol. The van der Waals surface area contributed by atoms with Gasteiger partial charge in [-0.25, -0.2) is 0 Å². The van der Waals surface area contributed by atoms with Crippen LogP contribution in [-0.4, -0.2) is 13.0 Å². The maximum atomic E-state index is 2.68. The van der Waals surface area contributed by atoms with Crippen molar-refractivity contribution in [1.82, 2.24) is 0 Å². The first-order valence-corrected chi connectivity index (χ1v) is 22.9. The van der Waals surface area contributed by atoms with Gasteiger partial charge in [0.15, 0.2) is 0 Å². The fourth-order valence-electron chi connectivity index (χ4n) is 9.03. The standard InChI is InChI=1S/C52H59BN2S2/c1-14-39-46(15-2)57-49-48(39)55(42-27-25-38(56-13)31-40(42)33-16-18-34(19-17-33)50(4,5)6)45-29-32(3)28-44-47(45)53(49)41-30-36(52(10,11)12)22-26-43(41)54(44)37-23-20-35(21-24-37)51(7,8)9/h16-31H,14-15H2,1-13H3. The van der Waals surface area contributed by atoms with Crippen molar-refractivity contribution in [3.63, 3.8) is 0 Å². The van der Waals surface area contributed by atoms with Crippen molar-refractivity contribution in [3.8, 4) is 11.1 Å². The molecule has 57 heavy (non-hydrogen) atoms. The zero-order chi connectivity index (χ0) is 40.8. The second-order valence-corrected chi connectivity index (χ2v) is 21.3. The minimum Gasteiger partial charge on any atom is -0.311 e. The van der Waals surface area contributed by atoms with Crippen molar-refractivity contribution in [1.29, 1.82) is 0 Å². The third-order valence-corrected chi connectivity index (χ3v) is 14.4. The maximum Gasteiger partial charge on any atom is 0.264 e. The fourth-order valence-corrected chi connectivity index (χ4v) is 10.9. The summed E-state index contributed by atoms with van der Waals surface area (Å²) in [4.78, 5) is 8.03. The van der Waals surface area contributed by atoms with Gasteiger partial charge in [-0.2, -0.15) is 11.3 Å². The fraction of sp³-hybridized carbons (Fsp3) is 0.346. The normalized spacial score (nSPS) is 13.8. The van der Waals surface area contributed by atoms with E-state index in [-0.39, 0.29) is 23.0 Å². The van der Waals surface area contributed by atoms with E-state index in [9.17, 15) is 0 Å². The Hall–Kier alpha value is -4.19. The van der Waals surface area contributed by atoms with Crippen LogP contribution in [0, 0.1) is 6.92 Å². The van der Waals surface area contributed by atoms with E-state index in [1.165, 1.54) is 98.5 Å². The highest BCUT2D eigenvalue weighted by Gasteiger charge is 2.46. The van der Waals surface area contributed by atoms with Gasteiger partial charge in [0.2, 0.25) is 0 Å². The predicted octanol–water partition coefficient (Wildman–Crippen LogP) is 13.5. The van der Waals surface area contributed by atoms with Gasteiger partial charge in [0.1, 0.15) is 0 Å². The van der Waals surface area contributed by atoms with Crippen LogP contribution in [0.1, 0.15) is 109 Å². The second-order valence-electron chi connectivity index (χ2n) is 19.3. The highest BCUT2D eigenvalue weighted by atomic mass is 32.2. The van der Waals surface area contributed by atoms with Gasteiger partial charge >= 0.3 is 0 Å². The first-order chi connectivity index (χ1) is 26.9. The summed E-state index contributed by atoms with van der Waals surface area (Å²) in [7, 11) is 0. The molecule has 0 N–H and O–H groups in total. The lowest BCUT2D eigenvalue weighted by molar-refractivity contribution is 0.590. The Bertz CT molecular complexity index is 2490. The van der Waals surface area contributed by atoms with E-state index in [1.807, 2.05) is 11.8 Å². The highest BCUT2D eigenvalue weighted by molar-refractivity contribution is 7.98. The molecule has 0 unspecified atom stereocenters. The number of nitrogens with zero attached hydrogens (tertiary/aromatic N) is 2. The first-order valence-electron chi connectivity index (χ1n) is 20.9. The van der Waals surface area contributed by atoms with E-state index >= 15 is 0 Å². The summed E-state index contributed by atoms with van der Waals surface area (Å²) in [5.74, 6) is 0. The lowest BCUT2D eigenvalue weighted by atomic mass is 9.36. The van der Waals surface area contributed by atoms with Gasteiger partial charge in [0.25, 0.3) is 6.71 Å². The van der Waals surface area contributed by atoms with Gasteiger partial charge < -0.3 is 9.80 Å². The quantitative estimate of drug-likeness (QED) is 0.122. The number of fused-ring (bicyclic) bond motifs is 4. The molecule has 0 amide bonds. The summed E-state index contributed by atoms with van der Waals surface area (Å²) in [5.41, 5.74) is 20.1. The molecule has 292 valence electrons. The van der Waals surface area contributed by atoms with E-state index in [4.69, 9.17) is 0 Å². The molecule has 0 saturated carbocycles. The van der Waals surface area contributed by atoms with Gasteiger partial charge in [-0.05, 0) is 135 Å². The Morgan fingerprint density at radius 2 is 1.16 bits per heavy atom. The molecule has 2 aliphatic rings. The Balaban J connectivity index is 1.46. The molecule has 0 aliphatic carbocycles. The molecule has 0 radical (unpaired) electrons. The topological polar surface area (TPSA) is 6.48 Å². The zero-order valence-electron chi connectivity index (χ0n) is 36.4. The van der Waals surface area contributed by atoms with Crippen LogP contribution in [0.15, 0.2) is 102 Å². The van der Waals surface area contributed by atoms with E-state index in [2.05, 4.69) is 208 Å². The third-order valence-electron chi connectivity index (χ3n) is 12.2. The molecule has 0 fully saturated rings. The molecule has 2 aliphatic heterocycles. The molecule has 2 nitrogen and oxygen atoms in total. The number of benzene rings is 5. The number of thioether (sulfide) groups is 1. The van der Waals surface area contributed by atoms with Gasteiger partial charge in [-0.3, -0.25) is 0 Å². The minimum atomic E-state index is 0.0171. The number of rotatable bonds is 6. The number of anilines is 6. The third kappa shape index (κ3) is 6.77. The van der Waals surface area contributed by atoms with Crippen LogP contribution >= 0.6 is 23.1 Å². The van der Waals surface area contributed by atoms with Crippen molar-refractivity contribution in [2.24, 2.45) is 0 Å². The summed E-state index contributed by atoms with van der Waals surface area (Å²) in [6, 6.07) is 38.2. The van der Waals surface area contributed by atoms with Gasteiger partial charge in [0, 0.05) is 42.9 Å². The minimum absolute atomic E-state index is 0.0171. The summed E-state index contributed by atoms with van der Waals surface area (Å²) in [5, 5.41) is 0. The van der Waals surface area contributed by atoms with Crippen molar-refractivity contribution < 1.29 is 0 Å². The largest absolute Gasteiger partial charge is 0.311 e. The summed E-state index contributed by atoms with van der Waals surface area (Å²) >= 11 is 3.87. The molecule has 1 aromatic heterocycles. The van der Waals surface area contributed by atoms with Crippen LogP contribution in [0.25, 0.3) is 11.1 Å². The van der Waals surface area contributed by atoms with Crippen LogP contribution < -0.4 is 25.5 Å². The van der Waals surface area contributed by atoms with Crippen molar-refractivity contribution in [2.45, 2.75) is 117 Å². The summed E-state index contributed by atoms with van der Waals surface area (Å²) in [6.45, 7) is 28.0. The number of hydrogen-bond donors (Lipinski definition) is 0. The van der Waals surface area contributed by atoms with Crippen LogP contribution in [0.2, 0.25) is 0 Å². The first kappa shape index (κ1) is 39.6. The second kappa shape index (κ2) is 14.3. The van der Waals surface area contributed by atoms with E-state index < -0.39 is 0 Å². The van der Waals surface area contributed by atoms with Gasteiger partial charge in [-0.15, -0.1) is 11.8 Å². The average molecular weight is 787 g/mol. The lowest BCUT2D eigenvalue weighted by Gasteiger charge is -2.44. The Morgan fingerprint density at radius 1 is 0.596 bits per heavy atom. The number of hydrogen-bond acceptors (Lipinski definition) is 4. The van der Waals surface area contributed by atoms with Crippen LogP contribution in [0.3, 0.4) is 0 Å². The molecular formula is C52H59BN2S2. The molecule has 0 atom stereocenters. The lowest BCUT2D eigenvalue weighted by Crippen LogP contribution is -2.60. The highest BCUT2D eigenvalue weighted by Crippen LogP contribution is 2.50. The van der Waals surface area contributed by atoms with Crippen molar-refractivity contribution in [3.05, 3.63) is 130 Å². The molecule has 5 heteroatoms. The zero-order valence-corrected chi connectivity index (χ0v) is 38.1. The average Bonchev–Trinajstić information content (AvgIpc) is 3.54. The number of thiophene rings is 1. The monoisotopic (exact) mass is 786 g/mol.